The van der Waals surface area contributed by atoms with Crippen molar-refractivity contribution >= 4 is 22.7 Å². The van der Waals surface area contributed by atoms with Crippen LogP contribution in [0.5, 0.6) is 0 Å². The second-order valence-corrected chi connectivity index (χ2v) is 6.96. The molecular formula is C20H22FN5. The van der Waals surface area contributed by atoms with Crippen LogP contribution in [-0.4, -0.2) is 21.0 Å². The molecule has 6 heteroatoms. The van der Waals surface area contributed by atoms with Crippen LogP contribution in [0.15, 0.2) is 30.6 Å². The van der Waals surface area contributed by atoms with Crippen LogP contribution in [-0.2, 0) is 0 Å². The summed E-state index contributed by atoms with van der Waals surface area (Å²) in [5.41, 5.74) is 9.03. The number of hydrogen-bond donors (Lipinski definition) is 2. The van der Waals surface area contributed by atoms with E-state index in [1.54, 1.807) is 31.5 Å². The lowest BCUT2D eigenvalue weighted by Crippen LogP contribution is -2.23. The van der Waals surface area contributed by atoms with Crippen molar-refractivity contribution in [2.45, 2.75) is 45.1 Å². The Morgan fingerprint density at radius 1 is 1.12 bits per heavy atom. The second kappa shape index (κ2) is 6.86. The minimum absolute atomic E-state index is 0.226. The molecule has 2 heterocycles. The number of rotatable bonds is 3. The monoisotopic (exact) mass is 351 g/mol. The van der Waals surface area contributed by atoms with E-state index in [1.165, 1.54) is 25.3 Å². The van der Waals surface area contributed by atoms with Crippen LogP contribution in [0.3, 0.4) is 0 Å². The van der Waals surface area contributed by atoms with Gasteiger partial charge in [-0.25, -0.2) is 19.3 Å². The molecule has 1 aliphatic rings. The number of nitrogens with one attached hydrogen (secondary N) is 1. The third-order valence-electron chi connectivity index (χ3n) is 5.06. The van der Waals surface area contributed by atoms with Crippen LogP contribution in [0.25, 0.3) is 22.0 Å². The number of halogens is 1. The highest BCUT2D eigenvalue weighted by molar-refractivity contribution is 5.98. The topological polar surface area (TPSA) is 76.7 Å². The van der Waals surface area contributed by atoms with E-state index >= 15 is 0 Å². The zero-order valence-electron chi connectivity index (χ0n) is 14.8. The Morgan fingerprint density at radius 2 is 1.92 bits per heavy atom. The molecular weight excluding hydrogens is 329 g/mol. The lowest BCUT2D eigenvalue weighted by atomic mass is 9.96. The molecule has 5 nitrogen and oxygen atoms in total. The maximum atomic E-state index is 13.6. The first-order valence-corrected chi connectivity index (χ1v) is 9.06. The Bertz CT molecular complexity index is 950. The van der Waals surface area contributed by atoms with Crippen molar-refractivity contribution < 1.29 is 4.39 Å². The zero-order valence-corrected chi connectivity index (χ0v) is 14.8. The molecule has 4 rings (SSSR count). The molecule has 2 aromatic heterocycles. The molecule has 1 fully saturated rings. The quantitative estimate of drug-likeness (QED) is 0.728. The molecule has 3 aromatic rings. The average molecular weight is 351 g/mol. The fourth-order valence-electron chi connectivity index (χ4n) is 3.56. The lowest BCUT2D eigenvalue weighted by molar-refractivity contribution is 0.461. The Balaban J connectivity index is 1.78. The molecule has 0 spiro atoms. The van der Waals surface area contributed by atoms with Crippen LogP contribution in [0.4, 0.5) is 16.2 Å². The Kier molecular flexibility index (Phi) is 4.41. The van der Waals surface area contributed by atoms with Crippen molar-refractivity contribution in [1.29, 1.82) is 0 Å². The van der Waals surface area contributed by atoms with Gasteiger partial charge in [0.05, 0.1) is 10.9 Å². The molecule has 0 bridgehead atoms. The molecule has 0 radical (unpaired) electrons. The van der Waals surface area contributed by atoms with Crippen molar-refractivity contribution in [2.75, 3.05) is 11.1 Å². The largest absolute Gasteiger partial charge is 0.383 e. The molecule has 134 valence electrons. The molecule has 3 N–H and O–H groups in total. The Hall–Kier alpha value is -2.76. The highest BCUT2D eigenvalue weighted by Crippen LogP contribution is 2.31. The van der Waals surface area contributed by atoms with Gasteiger partial charge < -0.3 is 11.1 Å². The van der Waals surface area contributed by atoms with E-state index in [0.29, 0.717) is 28.8 Å². The SMILES string of the molecule is Cc1cc(-c2cnc(N)c3cnc(NC4CCCCC4)nc23)ccc1F. The summed E-state index contributed by atoms with van der Waals surface area (Å²) in [5, 5.41) is 4.16. The molecule has 0 saturated heterocycles. The van der Waals surface area contributed by atoms with Crippen molar-refractivity contribution in [3.63, 3.8) is 0 Å². The van der Waals surface area contributed by atoms with Gasteiger partial charge in [0.15, 0.2) is 0 Å². The fourth-order valence-corrected chi connectivity index (χ4v) is 3.56. The number of benzene rings is 1. The van der Waals surface area contributed by atoms with E-state index < -0.39 is 0 Å². The lowest BCUT2D eigenvalue weighted by Gasteiger charge is -2.22. The van der Waals surface area contributed by atoms with Crippen LogP contribution >= 0.6 is 0 Å². The van der Waals surface area contributed by atoms with Crippen molar-refractivity contribution in [3.05, 3.63) is 42.0 Å². The van der Waals surface area contributed by atoms with E-state index in [-0.39, 0.29) is 5.82 Å². The predicted octanol–water partition coefficient (Wildman–Crippen LogP) is 4.47. The van der Waals surface area contributed by atoms with Gasteiger partial charge in [0.25, 0.3) is 0 Å². The van der Waals surface area contributed by atoms with Gasteiger partial charge in [-0.2, -0.15) is 0 Å². The molecule has 0 unspecified atom stereocenters. The number of nitrogens with two attached hydrogens (primary N) is 1. The third kappa shape index (κ3) is 3.19. The summed E-state index contributed by atoms with van der Waals surface area (Å²) in [7, 11) is 0. The van der Waals surface area contributed by atoms with Crippen LogP contribution in [0.1, 0.15) is 37.7 Å². The highest BCUT2D eigenvalue weighted by Gasteiger charge is 2.16. The molecule has 0 aliphatic heterocycles. The maximum absolute atomic E-state index is 13.6. The first kappa shape index (κ1) is 16.7. The van der Waals surface area contributed by atoms with Gasteiger partial charge in [0, 0.05) is 24.0 Å². The van der Waals surface area contributed by atoms with Crippen LogP contribution in [0.2, 0.25) is 0 Å². The number of fused-ring (bicyclic) bond motifs is 1. The van der Waals surface area contributed by atoms with E-state index in [9.17, 15) is 4.39 Å². The molecule has 1 aliphatic carbocycles. The first-order valence-electron chi connectivity index (χ1n) is 9.06. The average Bonchev–Trinajstić information content (AvgIpc) is 2.65. The summed E-state index contributed by atoms with van der Waals surface area (Å²) in [4.78, 5) is 13.4. The number of aromatic nitrogens is 3. The number of nitrogen functional groups attached to an aromatic ring is 1. The van der Waals surface area contributed by atoms with E-state index in [4.69, 9.17) is 10.7 Å². The number of anilines is 2. The minimum atomic E-state index is -0.226. The standard InChI is InChI=1S/C20H22FN5/c1-12-9-13(7-8-17(12)21)15-10-23-19(22)16-11-24-20(26-18(15)16)25-14-5-3-2-4-6-14/h7-11,14H,2-6H2,1H3,(H2,22,23)(H,24,25,26). The van der Waals surface area contributed by atoms with Gasteiger partial charge in [-0.05, 0) is 43.0 Å². The van der Waals surface area contributed by atoms with Crippen LogP contribution < -0.4 is 11.1 Å². The summed E-state index contributed by atoms with van der Waals surface area (Å²) >= 11 is 0. The highest BCUT2D eigenvalue weighted by atomic mass is 19.1. The number of aryl methyl sites for hydroxylation is 1. The molecule has 26 heavy (non-hydrogen) atoms. The summed E-state index contributed by atoms with van der Waals surface area (Å²) in [6.07, 6.45) is 9.47. The number of pyridine rings is 1. The molecule has 1 saturated carbocycles. The van der Waals surface area contributed by atoms with E-state index in [1.807, 2.05) is 0 Å². The molecule has 0 atom stereocenters. The van der Waals surface area contributed by atoms with Gasteiger partial charge in [-0.1, -0.05) is 25.3 Å². The number of nitrogens with zero attached hydrogens (tertiary/aromatic N) is 3. The van der Waals surface area contributed by atoms with Crippen LogP contribution in [0, 0.1) is 12.7 Å². The van der Waals surface area contributed by atoms with E-state index in [2.05, 4.69) is 15.3 Å². The Labute approximate surface area is 151 Å². The molecule has 0 amide bonds. The number of hydrogen-bond acceptors (Lipinski definition) is 5. The minimum Gasteiger partial charge on any atom is -0.383 e. The molecule has 1 aromatic carbocycles. The van der Waals surface area contributed by atoms with E-state index in [0.717, 1.165) is 29.5 Å². The van der Waals surface area contributed by atoms with Crippen molar-refractivity contribution in [1.82, 2.24) is 15.0 Å². The third-order valence-corrected chi connectivity index (χ3v) is 5.06. The maximum Gasteiger partial charge on any atom is 0.223 e. The summed E-state index contributed by atoms with van der Waals surface area (Å²) in [6.45, 7) is 1.75. The normalized spacial score (nSPS) is 15.3. The predicted molar refractivity (Wildman–Crippen MR) is 102 cm³/mol. The van der Waals surface area contributed by atoms with Gasteiger partial charge in [0.2, 0.25) is 5.95 Å². The van der Waals surface area contributed by atoms with Gasteiger partial charge in [-0.3, -0.25) is 0 Å². The smallest absolute Gasteiger partial charge is 0.223 e. The fraction of sp³-hybridized carbons (Fsp3) is 0.350. The summed E-state index contributed by atoms with van der Waals surface area (Å²) < 4.78 is 13.6. The van der Waals surface area contributed by atoms with Gasteiger partial charge in [0.1, 0.15) is 11.6 Å². The van der Waals surface area contributed by atoms with Gasteiger partial charge in [-0.15, -0.1) is 0 Å². The second-order valence-electron chi connectivity index (χ2n) is 6.96. The Morgan fingerprint density at radius 3 is 2.69 bits per heavy atom. The summed E-state index contributed by atoms with van der Waals surface area (Å²) in [6, 6.07) is 5.43. The zero-order chi connectivity index (χ0) is 18.1. The summed E-state index contributed by atoms with van der Waals surface area (Å²) in [5.74, 6) is 0.776. The van der Waals surface area contributed by atoms with Crippen molar-refractivity contribution in [3.8, 4) is 11.1 Å². The first-order chi connectivity index (χ1) is 12.6. The van der Waals surface area contributed by atoms with Crippen molar-refractivity contribution in [2.24, 2.45) is 0 Å². The van der Waals surface area contributed by atoms with Gasteiger partial charge >= 0.3 is 0 Å².